The maximum atomic E-state index is 12.3. The molecule has 2 heterocycles. The van der Waals surface area contributed by atoms with Crippen molar-refractivity contribution in [2.24, 2.45) is 11.7 Å². The first-order chi connectivity index (χ1) is 9.65. The van der Waals surface area contributed by atoms with Crippen molar-refractivity contribution in [2.45, 2.75) is 12.8 Å². The third kappa shape index (κ3) is 4.64. The molecule has 2 aliphatic rings. The van der Waals surface area contributed by atoms with Gasteiger partial charge in [-0.15, -0.1) is 0 Å². The van der Waals surface area contributed by atoms with Crippen molar-refractivity contribution in [3.63, 3.8) is 0 Å². The van der Waals surface area contributed by atoms with Crippen molar-refractivity contribution in [1.82, 2.24) is 20.4 Å². The predicted molar refractivity (Wildman–Crippen MR) is 76.2 cm³/mol. The highest BCUT2D eigenvalue weighted by atomic mass is 16.2. The fourth-order valence-corrected chi connectivity index (χ4v) is 2.86. The predicted octanol–water partition coefficient (Wildman–Crippen LogP) is -1.20. The number of primary amides is 1. The molecule has 2 fully saturated rings. The molecule has 0 aromatic heterocycles. The highest BCUT2D eigenvalue weighted by molar-refractivity contribution is 5.78. The highest BCUT2D eigenvalue weighted by Crippen LogP contribution is 2.16. The van der Waals surface area contributed by atoms with Gasteiger partial charge in [-0.25, -0.2) is 4.79 Å². The van der Waals surface area contributed by atoms with Crippen LogP contribution in [-0.4, -0.2) is 74.1 Å². The lowest BCUT2D eigenvalue weighted by Crippen LogP contribution is -2.51. The minimum absolute atomic E-state index is 0.204. The molecule has 0 saturated carbocycles. The van der Waals surface area contributed by atoms with E-state index in [4.69, 9.17) is 5.73 Å². The zero-order valence-electron chi connectivity index (χ0n) is 11.9. The number of urea groups is 1. The van der Waals surface area contributed by atoms with Crippen LogP contribution in [0.1, 0.15) is 12.8 Å². The van der Waals surface area contributed by atoms with E-state index in [-0.39, 0.29) is 5.91 Å². The van der Waals surface area contributed by atoms with Gasteiger partial charge in [0.1, 0.15) is 0 Å². The number of carbonyl (C=O) groups is 2. The first-order valence-electron chi connectivity index (χ1n) is 7.39. The van der Waals surface area contributed by atoms with Crippen molar-refractivity contribution in [2.75, 3.05) is 52.4 Å². The summed E-state index contributed by atoms with van der Waals surface area (Å²) in [6, 6.07) is -0.491. The number of amides is 3. The van der Waals surface area contributed by atoms with Crippen molar-refractivity contribution < 1.29 is 9.59 Å². The lowest BCUT2D eigenvalue weighted by Gasteiger charge is -2.35. The van der Waals surface area contributed by atoms with E-state index in [1.807, 2.05) is 4.90 Å². The molecule has 1 unspecified atom stereocenters. The second-order valence-electron chi connectivity index (χ2n) is 5.62. The zero-order valence-corrected chi connectivity index (χ0v) is 11.9. The molecule has 0 radical (unpaired) electrons. The van der Waals surface area contributed by atoms with E-state index >= 15 is 0 Å². The summed E-state index contributed by atoms with van der Waals surface area (Å²) < 4.78 is 0. The van der Waals surface area contributed by atoms with Gasteiger partial charge in [-0.3, -0.25) is 9.69 Å². The van der Waals surface area contributed by atoms with Crippen LogP contribution < -0.4 is 16.4 Å². The number of nitrogens with one attached hydrogen (secondary N) is 2. The number of rotatable bonds is 4. The molecule has 20 heavy (non-hydrogen) atoms. The summed E-state index contributed by atoms with van der Waals surface area (Å²) in [5.74, 6) is 0.527. The molecule has 0 aromatic carbocycles. The molecule has 2 rings (SSSR count). The average Bonchev–Trinajstić information content (AvgIpc) is 2.46. The molecule has 1 atom stereocenters. The molecule has 7 nitrogen and oxygen atoms in total. The lowest BCUT2D eigenvalue weighted by atomic mass is 9.98. The summed E-state index contributed by atoms with van der Waals surface area (Å²) in [6.45, 7) is 6.42. The largest absolute Gasteiger partial charge is 0.352 e. The number of piperazine rings is 1. The summed E-state index contributed by atoms with van der Waals surface area (Å²) in [5, 5.41) is 5.92. The van der Waals surface area contributed by atoms with Crippen LogP contribution in [0, 0.1) is 5.92 Å². The number of nitrogens with two attached hydrogens (primary N) is 1. The zero-order chi connectivity index (χ0) is 14.4. The van der Waals surface area contributed by atoms with Gasteiger partial charge in [-0.2, -0.15) is 0 Å². The van der Waals surface area contributed by atoms with E-state index in [0.717, 1.165) is 52.1 Å². The first-order valence-corrected chi connectivity index (χ1v) is 7.39. The molecular weight excluding hydrogens is 258 g/mol. The Morgan fingerprint density at radius 2 is 2.00 bits per heavy atom. The van der Waals surface area contributed by atoms with Gasteiger partial charge in [0.15, 0.2) is 0 Å². The highest BCUT2D eigenvalue weighted by Gasteiger charge is 2.25. The number of likely N-dealkylation sites (tertiary alicyclic amines) is 1. The number of carbonyl (C=O) groups excluding carboxylic acids is 2. The van der Waals surface area contributed by atoms with E-state index in [9.17, 15) is 9.59 Å². The van der Waals surface area contributed by atoms with Crippen molar-refractivity contribution in [3.05, 3.63) is 0 Å². The summed E-state index contributed by atoms with van der Waals surface area (Å²) in [4.78, 5) is 27.2. The standard InChI is InChI=1S/C13H25N5O2/c14-13(20)16-8-11-2-1-5-18(9-11)12(19)10-17-6-3-15-4-7-17/h11,15H,1-10H2,(H3,14,16,20). The first kappa shape index (κ1) is 15.1. The molecule has 114 valence electrons. The fourth-order valence-electron chi connectivity index (χ4n) is 2.86. The topological polar surface area (TPSA) is 90.7 Å². The Balaban J connectivity index is 1.75. The van der Waals surface area contributed by atoms with Gasteiger partial charge in [0.2, 0.25) is 5.91 Å². The summed E-state index contributed by atoms with van der Waals surface area (Å²) in [6.07, 6.45) is 2.04. The smallest absolute Gasteiger partial charge is 0.312 e. The molecule has 2 aliphatic heterocycles. The number of hydrogen-bond donors (Lipinski definition) is 3. The normalized spacial score (nSPS) is 24.4. The fraction of sp³-hybridized carbons (Fsp3) is 0.846. The van der Waals surface area contributed by atoms with Crippen LogP contribution >= 0.6 is 0 Å². The second kappa shape index (κ2) is 7.44. The number of nitrogens with zero attached hydrogens (tertiary/aromatic N) is 2. The van der Waals surface area contributed by atoms with Gasteiger partial charge >= 0.3 is 6.03 Å². The molecule has 7 heteroatoms. The molecular formula is C13H25N5O2. The second-order valence-corrected chi connectivity index (χ2v) is 5.62. The van der Waals surface area contributed by atoms with Crippen LogP contribution in [0.2, 0.25) is 0 Å². The van der Waals surface area contributed by atoms with Crippen molar-refractivity contribution in [3.8, 4) is 0 Å². The Hall–Kier alpha value is -1.34. The van der Waals surface area contributed by atoms with Gasteiger partial charge < -0.3 is 21.3 Å². The van der Waals surface area contributed by atoms with Crippen LogP contribution in [0.3, 0.4) is 0 Å². The molecule has 0 bridgehead atoms. The van der Waals surface area contributed by atoms with Crippen LogP contribution in [-0.2, 0) is 4.79 Å². The molecule has 0 spiro atoms. The minimum Gasteiger partial charge on any atom is -0.352 e. The minimum atomic E-state index is -0.491. The molecule has 3 amide bonds. The van der Waals surface area contributed by atoms with Crippen molar-refractivity contribution >= 4 is 11.9 Å². The van der Waals surface area contributed by atoms with E-state index in [2.05, 4.69) is 15.5 Å². The number of piperidine rings is 1. The van der Waals surface area contributed by atoms with Gasteiger partial charge in [-0.05, 0) is 18.8 Å². The van der Waals surface area contributed by atoms with Gasteiger partial charge in [0, 0.05) is 45.8 Å². The lowest BCUT2D eigenvalue weighted by molar-refractivity contribution is -0.134. The third-order valence-corrected chi connectivity index (χ3v) is 4.01. The molecule has 0 aromatic rings. The Morgan fingerprint density at radius 1 is 1.25 bits per heavy atom. The molecule has 2 saturated heterocycles. The third-order valence-electron chi connectivity index (χ3n) is 4.01. The van der Waals surface area contributed by atoms with Gasteiger partial charge in [0.05, 0.1) is 6.54 Å². The Morgan fingerprint density at radius 3 is 2.70 bits per heavy atom. The van der Waals surface area contributed by atoms with Crippen LogP contribution in [0.4, 0.5) is 4.79 Å². The van der Waals surface area contributed by atoms with Crippen LogP contribution in [0.25, 0.3) is 0 Å². The summed E-state index contributed by atoms with van der Waals surface area (Å²) in [7, 11) is 0. The van der Waals surface area contributed by atoms with Crippen LogP contribution in [0.15, 0.2) is 0 Å². The maximum Gasteiger partial charge on any atom is 0.312 e. The van der Waals surface area contributed by atoms with Crippen molar-refractivity contribution in [1.29, 1.82) is 0 Å². The van der Waals surface area contributed by atoms with E-state index in [0.29, 0.717) is 19.0 Å². The van der Waals surface area contributed by atoms with Gasteiger partial charge in [-0.1, -0.05) is 0 Å². The van der Waals surface area contributed by atoms with E-state index in [1.54, 1.807) is 0 Å². The van der Waals surface area contributed by atoms with Crippen LogP contribution in [0.5, 0.6) is 0 Å². The molecule has 0 aliphatic carbocycles. The monoisotopic (exact) mass is 283 g/mol. The van der Waals surface area contributed by atoms with Gasteiger partial charge in [0.25, 0.3) is 0 Å². The quantitative estimate of drug-likeness (QED) is 0.604. The maximum absolute atomic E-state index is 12.3. The Labute approximate surface area is 119 Å². The number of hydrogen-bond acceptors (Lipinski definition) is 4. The SMILES string of the molecule is NC(=O)NCC1CCCN(C(=O)CN2CCNCC2)C1. The molecule has 4 N–H and O–H groups in total. The Kier molecular flexibility index (Phi) is 5.60. The summed E-state index contributed by atoms with van der Waals surface area (Å²) in [5.41, 5.74) is 5.08. The summed E-state index contributed by atoms with van der Waals surface area (Å²) >= 11 is 0. The average molecular weight is 283 g/mol. The van der Waals surface area contributed by atoms with E-state index < -0.39 is 6.03 Å². The Bertz CT molecular complexity index is 344. The van der Waals surface area contributed by atoms with E-state index in [1.165, 1.54) is 0 Å².